The summed E-state index contributed by atoms with van der Waals surface area (Å²) in [5.41, 5.74) is 1.95. The summed E-state index contributed by atoms with van der Waals surface area (Å²) in [4.78, 5) is 23.5. The van der Waals surface area contributed by atoms with Crippen molar-refractivity contribution in [1.82, 2.24) is 10.2 Å². The van der Waals surface area contributed by atoms with Crippen molar-refractivity contribution >= 4 is 23.2 Å². The molecule has 2 aliphatic heterocycles. The summed E-state index contributed by atoms with van der Waals surface area (Å²) in [5.74, 6) is -0.950. The number of hydrogen-bond donors (Lipinski definition) is 2. The standard InChI is InChI=1S/C20H24N2O3S.C2HF3O2/c1-24-18-5-3-2-4-14(18)9-22-10-17-16(12-25-19(17)11-22)8-21-20(23)15-6-7-26-13-15;3-2(4,5)1(6)7/h2-7,13,16-17,19H,8-12H2,1H3,(H,21,23);(H,6,7)/t16-,17-,19-;/m1./s1. The lowest BCUT2D eigenvalue weighted by atomic mass is 9.93. The summed E-state index contributed by atoms with van der Waals surface area (Å²) in [5, 5.41) is 14.0. The SMILES string of the molecule is COc1ccccc1CN1C[C@@H]2[C@H](CNC(=O)c3ccsc3)CO[C@@H]2C1.O=C(O)C(F)(F)F. The summed E-state index contributed by atoms with van der Waals surface area (Å²) in [6.07, 6.45) is -4.81. The first-order valence-corrected chi connectivity index (χ1v) is 11.2. The van der Waals surface area contributed by atoms with E-state index in [-0.39, 0.29) is 12.0 Å². The number of carboxylic acids is 1. The number of para-hydroxylation sites is 1. The van der Waals surface area contributed by atoms with Gasteiger partial charge < -0.3 is 19.9 Å². The van der Waals surface area contributed by atoms with Crippen LogP contribution >= 0.6 is 11.3 Å². The Kier molecular flexibility index (Phi) is 8.33. The summed E-state index contributed by atoms with van der Waals surface area (Å²) >= 11 is 1.54. The minimum atomic E-state index is -5.08. The van der Waals surface area contributed by atoms with Crippen LogP contribution in [-0.4, -0.2) is 67.5 Å². The number of hydrogen-bond acceptors (Lipinski definition) is 6. The van der Waals surface area contributed by atoms with Crippen molar-refractivity contribution in [3.8, 4) is 5.75 Å². The molecule has 0 radical (unpaired) electrons. The molecule has 7 nitrogen and oxygen atoms in total. The van der Waals surface area contributed by atoms with Gasteiger partial charge in [-0.3, -0.25) is 9.69 Å². The van der Waals surface area contributed by atoms with E-state index in [1.54, 1.807) is 18.4 Å². The van der Waals surface area contributed by atoms with Crippen molar-refractivity contribution in [3.05, 3.63) is 52.2 Å². The summed E-state index contributed by atoms with van der Waals surface area (Å²) < 4.78 is 43.2. The van der Waals surface area contributed by atoms with Gasteiger partial charge in [0.15, 0.2) is 0 Å². The molecular formula is C22H25F3N2O5S. The summed E-state index contributed by atoms with van der Waals surface area (Å²) in [7, 11) is 1.72. The molecule has 33 heavy (non-hydrogen) atoms. The van der Waals surface area contributed by atoms with Crippen LogP contribution in [0, 0.1) is 11.8 Å². The number of nitrogens with one attached hydrogen (secondary N) is 1. The lowest BCUT2D eigenvalue weighted by Crippen LogP contribution is -2.34. The van der Waals surface area contributed by atoms with Gasteiger partial charge in [0.05, 0.1) is 19.8 Å². The molecule has 2 saturated heterocycles. The molecule has 180 valence electrons. The zero-order chi connectivity index (χ0) is 24.0. The normalized spacial score (nSPS) is 22.2. The van der Waals surface area contributed by atoms with Crippen LogP contribution in [0.25, 0.3) is 0 Å². The van der Waals surface area contributed by atoms with Gasteiger partial charge in [-0.05, 0) is 17.5 Å². The molecule has 2 N–H and O–H groups in total. The Balaban J connectivity index is 0.000000383. The van der Waals surface area contributed by atoms with Crippen LogP contribution in [-0.2, 0) is 16.1 Å². The summed E-state index contributed by atoms with van der Waals surface area (Å²) in [6, 6.07) is 10.0. The van der Waals surface area contributed by atoms with Crippen molar-refractivity contribution in [2.75, 3.05) is 33.4 Å². The predicted molar refractivity (Wildman–Crippen MR) is 115 cm³/mol. The maximum absolute atomic E-state index is 12.2. The molecule has 3 heterocycles. The minimum absolute atomic E-state index is 0.0126. The monoisotopic (exact) mass is 486 g/mol. The van der Waals surface area contributed by atoms with Gasteiger partial charge in [0.1, 0.15) is 5.75 Å². The third kappa shape index (κ3) is 6.68. The number of likely N-dealkylation sites (tertiary alicyclic amines) is 1. The number of carbonyl (C=O) groups excluding carboxylic acids is 1. The third-order valence-electron chi connectivity index (χ3n) is 5.65. The zero-order valence-electron chi connectivity index (χ0n) is 17.9. The van der Waals surface area contributed by atoms with Gasteiger partial charge in [-0.15, -0.1) is 0 Å². The lowest BCUT2D eigenvalue weighted by Gasteiger charge is -2.20. The van der Waals surface area contributed by atoms with Gasteiger partial charge in [0.2, 0.25) is 0 Å². The van der Waals surface area contributed by atoms with Crippen molar-refractivity contribution in [3.63, 3.8) is 0 Å². The van der Waals surface area contributed by atoms with E-state index in [9.17, 15) is 18.0 Å². The van der Waals surface area contributed by atoms with Gasteiger partial charge in [-0.1, -0.05) is 18.2 Å². The lowest BCUT2D eigenvalue weighted by molar-refractivity contribution is -0.192. The number of fused-ring (bicyclic) bond motifs is 1. The minimum Gasteiger partial charge on any atom is -0.496 e. The molecule has 0 saturated carbocycles. The zero-order valence-corrected chi connectivity index (χ0v) is 18.7. The Morgan fingerprint density at radius 2 is 2.00 bits per heavy atom. The molecule has 1 aromatic heterocycles. The van der Waals surface area contributed by atoms with Gasteiger partial charge >= 0.3 is 12.1 Å². The number of nitrogens with zero attached hydrogens (tertiary/aromatic N) is 1. The van der Waals surface area contributed by atoms with Crippen molar-refractivity contribution < 1.29 is 37.3 Å². The van der Waals surface area contributed by atoms with E-state index in [1.807, 2.05) is 35.0 Å². The van der Waals surface area contributed by atoms with E-state index in [2.05, 4.69) is 16.3 Å². The average Bonchev–Trinajstić information content (AvgIpc) is 3.50. The number of methoxy groups -OCH3 is 1. The molecule has 2 fully saturated rings. The highest BCUT2D eigenvalue weighted by Gasteiger charge is 2.43. The first kappa shape index (κ1) is 25.0. The molecule has 11 heteroatoms. The van der Waals surface area contributed by atoms with Gasteiger partial charge in [0.25, 0.3) is 5.91 Å². The number of ether oxygens (including phenoxy) is 2. The maximum Gasteiger partial charge on any atom is 0.490 e. The predicted octanol–water partition coefficient (Wildman–Crippen LogP) is 3.27. The van der Waals surface area contributed by atoms with Crippen molar-refractivity contribution in [2.45, 2.75) is 18.8 Å². The van der Waals surface area contributed by atoms with E-state index in [4.69, 9.17) is 19.4 Å². The quantitative estimate of drug-likeness (QED) is 0.652. The van der Waals surface area contributed by atoms with Crippen molar-refractivity contribution in [1.29, 1.82) is 0 Å². The van der Waals surface area contributed by atoms with Crippen LogP contribution in [0.1, 0.15) is 15.9 Å². The second kappa shape index (κ2) is 11.0. The molecular weight excluding hydrogens is 461 g/mol. The highest BCUT2D eigenvalue weighted by molar-refractivity contribution is 7.08. The van der Waals surface area contributed by atoms with Crippen molar-refractivity contribution in [2.24, 2.45) is 11.8 Å². The van der Waals surface area contributed by atoms with Gasteiger partial charge in [-0.25, -0.2) is 4.79 Å². The van der Waals surface area contributed by atoms with E-state index >= 15 is 0 Å². The smallest absolute Gasteiger partial charge is 0.490 e. The van der Waals surface area contributed by atoms with Crippen LogP contribution in [0.4, 0.5) is 13.2 Å². The molecule has 0 bridgehead atoms. The number of aliphatic carboxylic acids is 1. The topological polar surface area (TPSA) is 88.1 Å². The van der Waals surface area contributed by atoms with Gasteiger partial charge in [-0.2, -0.15) is 24.5 Å². The largest absolute Gasteiger partial charge is 0.496 e. The van der Waals surface area contributed by atoms with Crippen LogP contribution < -0.4 is 10.1 Å². The Hall–Kier alpha value is -2.63. The third-order valence-corrected chi connectivity index (χ3v) is 6.33. The van der Waals surface area contributed by atoms with E-state index in [1.165, 1.54) is 5.56 Å². The first-order chi connectivity index (χ1) is 15.7. The Labute approximate surface area is 193 Å². The molecule has 0 spiro atoms. The Morgan fingerprint density at radius 3 is 2.64 bits per heavy atom. The number of carboxylic acid groups (broad SMARTS) is 1. The fourth-order valence-corrected chi connectivity index (χ4v) is 4.65. The average molecular weight is 487 g/mol. The number of thiophene rings is 1. The van der Waals surface area contributed by atoms with Gasteiger partial charge in [0, 0.05) is 54.5 Å². The number of halogens is 3. The molecule has 4 rings (SSSR count). The highest BCUT2D eigenvalue weighted by Crippen LogP contribution is 2.34. The Morgan fingerprint density at radius 1 is 1.27 bits per heavy atom. The number of alkyl halides is 3. The maximum atomic E-state index is 12.2. The van der Waals surface area contributed by atoms with E-state index in [0.717, 1.165) is 37.6 Å². The first-order valence-electron chi connectivity index (χ1n) is 10.3. The van der Waals surface area contributed by atoms with E-state index in [0.29, 0.717) is 18.4 Å². The second-order valence-corrected chi connectivity index (χ2v) is 8.61. The fourth-order valence-electron chi connectivity index (χ4n) is 4.01. The number of amides is 1. The van der Waals surface area contributed by atoms with E-state index < -0.39 is 12.1 Å². The van der Waals surface area contributed by atoms with Crippen LogP contribution in [0.3, 0.4) is 0 Å². The molecule has 2 aromatic rings. The number of carbonyl (C=O) groups is 2. The fraction of sp³-hybridized carbons (Fsp3) is 0.455. The highest BCUT2D eigenvalue weighted by atomic mass is 32.1. The van der Waals surface area contributed by atoms with Crippen LogP contribution in [0.15, 0.2) is 41.1 Å². The molecule has 0 aliphatic carbocycles. The molecule has 3 atom stereocenters. The van der Waals surface area contributed by atoms with Crippen LogP contribution in [0.2, 0.25) is 0 Å². The molecule has 1 amide bonds. The van der Waals surface area contributed by atoms with Crippen LogP contribution in [0.5, 0.6) is 5.75 Å². The number of benzene rings is 1. The summed E-state index contributed by atoms with van der Waals surface area (Å²) in [6.45, 7) is 4.23. The molecule has 0 unspecified atom stereocenters. The Bertz CT molecular complexity index is 938. The molecule has 1 aromatic carbocycles. The second-order valence-electron chi connectivity index (χ2n) is 7.83. The molecule has 2 aliphatic rings. The number of rotatable bonds is 6.